The number of anilines is 2. The molecule has 2 N–H and O–H groups in total. The molecule has 0 saturated carbocycles. The van der Waals surface area contributed by atoms with Crippen molar-refractivity contribution in [2.75, 3.05) is 23.3 Å². The molecule has 2 amide bonds. The topological polar surface area (TPSA) is 74.3 Å². The number of carbonyl (C=O) groups is 2. The maximum absolute atomic E-state index is 11.7. The summed E-state index contributed by atoms with van der Waals surface area (Å²) in [6.45, 7) is 4.25. The van der Waals surface area contributed by atoms with E-state index in [2.05, 4.69) is 15.6 Å². The second-order valence-electron chi connectivity index (χ2n) is 4.37. The molecular formula is C12H14Cl2N4O2. The minimum atomic E-state index is -0.534. The molecule has 0 aliphatic carbocycles. The Morgan fingerprint density at radius 1 is 1.45 bits per heavy atom. The lowest BCUT2D eigenvalue weighted by Gasteiger charge is -2.33. The highest BCUT2D eigenvalue weighted by molar-refractivity contribution is 6.37. The van der Waals surface area contributed by atoms with Crippen LogP contribution in [0.25, 0.3) is 0 Å². The van der Waals surface area contributed by atoms with Gasteiger partial charge in [0.2, 0.25) is 11.8 Å². The molecule has 20 heavy (non-hydrogen) atoms. The molecule has 1 fully saturated rings. The zero-order valence-electron chi connectivity index (χ0n) is 11.0. The summed E-state index contributed by atoms with van der Waals surface area (Å²) in [5, 5.41) is 5.96. The molecule has 1 aromatic heterocycles. The molecule has 2 heterocycles. The SMILES string of the molecule is CCNc1nc(N2CC(=O)NC(=O)C2C)c(Cl)cc1Cl. The lowest BCUT2D eigenvalue weighted by atomic mass is 10.2. The monoisotopic (exact) mass is 316 g/mol. The van der Waals surface area contributed by atoms with Gasteiger partial charge in [-0.25, -0.2) is 4.98 Å². The van der Waals surface area contributed by atoms with Crippen LogP contribution in [0.5, 0.6) is 0 Å². The lowest BCUT2D eigenvalue weighted by Crippen LogP contribution is -2.57. The first-order valence-electron chi connectivity index (χ1n) is 6.14. The summed E-state index contributed by atoms with van der Waals surface area (Å²) < 4.78 is 0. The molecule has 0 spiro atoms. The van der Waals surface area contributed by atoms with Gasteiger partial charge in [0.15, 0.2) is 5.82 Å². The summed E-state index contributed by atoms with van der Waals surface area (Å²) in [6.07, 6.45) is 0. The van der Waals surface area contributed by atoms with Crippen LogP contribution in [-0.4, -0.2) is 35.9 Å². The Labute approximate surface area is 126 Å². The van der Waals surface area contributed by atoms with E-state index < -0.39 is 6.04 Å². The predicted molar refractivity (Wildman–Crippen MR) is 78.4 cm³/mol. The van der Waals surface area contributed by atoms with Gasteiger partial charge in [-0.2, -0.15) is 0 Å². The lowest BCUT2D eigenvalue weighted by molar-refractivity contribution is -0.132. The number of carbonyl (C=O) groups excluding carboxylic acids is 2. The van der Waals surface area contributed by atoms with Crippen molar-refractivity contribution in [1.82, 2.24) is 10.3 Å². The van der Waals surface area contributed by atoms with Gasteiger partial charge in [-0.3, -0.25) is 14.9 Å². The Balaban J connectivity index is 2.42. The van der Waals surface area contributed by atoms with Gasteiger partial charge in [0.1, 0.15) is 11.9 Å². The van der Waals surface area contributed by atoms with E-state index in [9.17, 15) is 9.59 Å². The average molecular weight is 317 g/mol. The van der Waals surface area contributed by atoms with Crippen molar-refractivity contribution in [3.63, 3.8) is 0 Å². The Bertz CT molecular complexity index is 565. The number of rotatable bonds is 3. The molecule has 0 bridgehead atoms. The zero-order chi connectivity index (χ0) is 14.9. The van der Waals surface area contributed by atoms with Crippen molar-refractivity contribution < 1.29 is 9.59 Å². The number of imide groups is 1. The van der Waals surface area contributed by atoms with Crippen molar-refractivity contribution in [2.24, 2.45) is 0 Å². The van der Waals surface area contributed by atoms with E-state index in [1.807, 2.05) is 6.92 Å². The van der Waals surface area contributed by atoms with E-state index in [1.165, 1.54) is 0 Å². The predicted octanol–water partition coefficient (Wildman–Crippen LogP) is 1.67. The number of aromatic nitrogens is 1. The van der Waals surface area contributed by atoms with E-state index in [0.717, 1.165) is 0 Å². The smallest absolute Gasteiger partial charge is 0.249 e. The number of piperazine rings is 1. The molecule has 1 aromatic rings. The fraction of sp³-hybridized carbons (Fsp3) is 0.417. The molecule has 0 radical (unpaired) electrons. The molecule has 1 unspecified atom stereocenters. The maximum Gasteiger partial charge on any atom is 0.249 e. The molecule has 0 aromatic carbocycles. The van der Waals surface area contributed by atoms with Gasteiger partial charge in [-0.15, -0.1) is 0 Å². The number of hydrogen-bond donors (Lipinski definition) is 2. The summed E-state index contributed by atoms with van der Waals surface area (Å²) in [5.41, 5.74) is 0. The molecule has 1 aliphatic heterocycles. The van der Waals surface area contributed by atoms with Crippen LogP contribution in [0.2, 0.25) is 10.0 Å². The summed E-state index contributed by atoms with van der Waals surface area (Å²) in [4.78, 5) is 29.1. The van der Waals surface area contributed by atoms with E-state index in [-0.39, 0.29) is 18.4 Å². The molecule has 6 nitrogen and oxygen atoms in total. The van der Waals surface area contributed by atoms with Crippen LogP contribution in [0.3, 0.4) is 0 Å². The van der Waals surface area contributed by atoms with Crippen LogP contribution in [0.4, 0.5) is 11.6 Å². The number of pyridine rings is 1. The number of amides is 2. The average Bonchev–Trinajstić information content (AvgIpc) is 2.37. The van der Waals surface area contributed by atoms with Crippen LogP contribution in [0.1, 0.15) is 13.8 Å². The van der Waals surface area contributed by atoms with Crippen molar-refractivity contribution in [1.29, 1.82) is 0 Å². The van der Waals surface area contributed by atoms with Crippen LogP contribution in [-0.2, 0) is 9.59 Å². The molecule has 1 aliphatic rings. The second-order valence-corrected chi connectivity index (χ2v) is 5.19. The van der Waals surface area contributed by atoms with E-state index in [4.69, 9.17) is 23.2 Å². The molecule has 8 heteroatoms. The van der Waals surface area contributed by atoms with Crippen LogP contribution < -0.4 is 15.5 Å². The first kappa shape index (κ1) is 14.9. The number of hydrogen-bond acceptors (Lipinski definition) is 5. The number of nitrogens with one attached hydrogen (secondary N) is 2. The highest BCUT2D eigenvalue weighted by Crippen LogP contribution is 2.32. The molecule has 2 rings (SSSR count). The highest BCUT2D eigenvalue weighted by atomic mass is 35.5. The van der Waals surface area contributed by atoms with Gasteiger partial charge < -0.3 is 10.2 Å². The van der Waals surface area contributed by atoms with Crippen molar-refractivity contribution in [2.45, 2.75) is 19.9 Å². The summed E-state index contributed by atoms with van der Waals surface area (Å²) in [7, 11) is 0. The largest absolute Gasteiger partial charge is 0.369 e. The summed E-state index contributed by atoms with van der Waals surface area (Å²) in [6, 6.07) is 1.01. The minimum absolute atomic E-state index is 0.0207. The Morgan fingerprint density at radius 2 is 2.15 bits per heavy atom. The van der Waals surface area contributed by atoms with E-state index in [0.29, 0.717) is 28.2 Å². The first-order chi connectivity index (χ1) is 9.43. The fourth-order valence-corrected chi connectivity index (χ4v) is 2.46. The summed E-state index contributed by atoms with van der Waals surface area (Å²) in [5.74, 6) is 0.0758. The van der Waals surface area contributed by atoms with Crippen LogP contribution >= 0.6 is 23.2 Å². The van der Waals surface area contributed by atoms with Crippen molar-refractivity contribution >= 4 is 46.7 Å². The van der Waals surface area contributed by atoms with Crippen LogP contribution in [0.15, 0.2) is 6.07 Å². The second kappa shape index (κ2) is 5.85. The van der Waals surface area contributed by atoms with Gasteiger partial charge in [0, 0.05) is 6.54 Å². The number of halogens is 2. The fourth-order valence-electron chi connectivity index (χ4n) is 1.92. The van der Waals surface area contributed by atoms with Gasteiger partial charge >= 0.3 is 0 Å². The molecule has 1 saturated heterocycles. The quantitative estimate of drug-likeness (QED) is 0.830. The number of nitrogens with zero attached hydrogens (tertiary/aromatic N) is 2. The molecule has 1 atom stereocenters. The third kappa shape index (κ3) is 2.81. The summed E-state index contributed by atoms with van der Waals surface area (Å²) >= 11 is 12.2. The van der Waals surface area contributed by atoms with Gasteiger partial charge in [-0.05, 0) is 19.9 Å². The standard InChI is InChI=1S/C12H14Cl2N4O2/c1-3-15-10-7(13)4-8(14)11(17-10)18-5-9(19)16-12(20)6(18)2/h4,6H,3,5H2,1-2H3,(H,15,17)(H,16,19,20). The maximum atomic E-state index is 11.7. The Hall–Kier alpha value is -1.53. The zero-order valence-corrected chi connectivity index (χ0v) is 12.5. The van der Waals surface area contributed by atoms with Gasteiger partial charge in [-0.1, -0.05) is 23.2 Å². The minimum Gasteiger partial charge on any atom is -0.369 e. The van der Waals surface area contributed by atoms with E-state index in [1.54, 1.807) is 17.9 Å². The van der Waals surface area contributed by atoms with Gasteiger partial charge in [0.25, 0.3) is 0 Å². The highest BCUT2D eigenvalue weighted by Gasteiger charge is 2.32. The molecular weight excluding hydrogens is 303 g/mol. The van der Waals surface area contributed by atoms with Crippen LogP contribution in [0, 0.1) is 0 Å². The Kier molecular flexibility index (Phi) is 4.35. The van der Waals surface area contributed by atoms with Crippen molar-refractivity contribution in [3.8, 4) is 0 Å². The normalized spacial score (nSPS) is 19.0. The van der Waals surface area contributed by atoms with Crippen molar-refractivity contribution in [3.05, 3.63) is 16.1 Å². The Morgan fingerprint density at radius 3 is 2.80 bits per heavy atom. The third-order valence-electron chi connectivity index (χ3n) is 2.95. The first-order valence-corrected chi connectivity index (χ1v) is 6.89. The van der Waals surface area contributed by atoms with E-state index >= 15 is 0 Å². The molecule has 108 valence electrons. The van der Waals surface area contributed by atoms with Gasteiger partial charge in [0.05, 0.1) is 16.6 Å². The third-order valence-corrected chi connectivity index (χ3v) is 3.52.